The maximum absolute atomic E-state index is 12.7. The van der Waals surface area contributed by atoms with E-state index in [0.29, 0.717) is 19.5 Å². The Hall–Kier alpha value is -2.41. The number of nitrogens with one attached hydrogen (secondary N) is 2. The lowest BCUT2D eigenvalue weighted by atomic mass is 10.2. The molecule has 3 amide bonds. The van der Waals surface area contributed by atoms with Crippen LogP contribution in [0.5, 0.6) is 0 Å². The van der Waals surface area contributed by atoms with Crippen molar-refractivity contribution in [3.05, 3.63) is 58.8 Å². The van der Waals surface area contributed by atoms with Gasteiger partial charge in [0.25, 0.3) is 0 Å². The third-order valence-electron chi connectivity index (χ3n) is 4.49. The SMILES string of the molecule is CCC(C)N(CCC(=O)NCCc1ccccn1)C(=O)Nc1ccc(Br)cc1. The molecule has 1 heterocycles. The summed E-state index contributed by atoms with van der Waals surface area (Å²) in [6, 6.07) is 13.0. The molecule has 0 saturated carbocycles. The van der Waals surface area contributed by atoms with Crippen molar-refractivity contribution in [1.82, 2.24) is 15.2 Å². The van der Waals surface area contributed by atoms with Gasteiger partial charge < -0.3 is 15.5 Å². The Morgan fingerprint density at radius 3 is 2.57 bits per heavy atom. The van der Waals surface area contributed by atoms with E-state index in [1.54, 1.807) is 11.1 Å². The number of halogens is 1. The largest absolute Gasteiger partial charge is 0.356 e. The lowest BCUT2D eigenvalue weighted by molar-refractivity contribution is -0.121. The van der Waals surface area contributed by atoms with Crippen LogP contribution >= 0.6 is 15.9 Å². The van der Waals surface area contributed by atoms with E-state index in [4.69, 9.17) is 0 Å². The molecule has 7 heteroatoms. The number of urea groups is 1. The minimum atomic E-state index is -0.196. The van der Waals surface area contributed by atoms with Gasteiger partial charge in [-0.15, -0.1) is 0 Å². The number of hydrogen-bond acceptors (Lipinski definition) is 3. The molecular formula is C21H27BrN4O2. The van der Waals surface area contributed by atoms with Crippen molar-refractivity contribution in [3.63, 3.8) is 0 Å². The highest BCUT2D eigenvalue weighted by Gasteiger charge is 2.20. The summed E-state index contributed by atoms with van der Waals surface area (Å²) in [5, 5.41) is 5.79. The van der Waals surface area contributed by atoms with E-state index in [-0.39, 0.29) is 24.4 Å². The first-order chi connectivity index (χ1) is 13.5. The van der Waals surface area contributed by atoms with Gasteiger partial charge in [0, 0.05) is 54.0 Å². The predicted octanol–water partition coefficient (Wildman–Crippen LogP) is 4.23. The van der Waals surface area contributed by atoms with E-state index in [9.17, 15) is 9.59 Å². The van der Waals surface area contributed by atoms with Crippen LogP contribution in [0.4, 0.5) is 10.5 Å². The molecule has 0 radical (unpaired) electrons. The Kier molecular flexibility index (Phi) is 8.94. The van der Waals surface area contributed by atoms with Crippen molar-refractivity contribution in [1.29, 1.82) is 0 Å². The number of carbonyl (C=O) groups is 2. The highest BCUT2D eigenvalue weighted by Crippen LogP contribution is 2.15. The summed E-state index contributed by atoms with van der Waals surface area (Å²) in [4.78, 5) is 30.8. The Morgan fingerprint density at radius 1 is 1.18 bits per heavy atom. The van der Waals surface area contributed by atoms with E-state index in [2.05, 4.69) is 31.5 Å². The van der Waals surface area contributed by atoms with Crippen molar-refractivity contribution < 1.29 is 9.59 Å². The second kappa shape index (κ2) is 11.4. The third-order valence-corrected chi connectivity index (χ3v) is 5.02. The highest BCUT2D eigenvalue weighted by molar-refractivity contribution is 9.10. The smallest absolute Gasteiger partial charge is 0.322 e. The summed E-state index contributed by atoms with van der Waals surface area (Å²) in [7, 11) is 0. The average Bonchev–Trinajstić information content (AvgIpc) is 2.70. The number of aromatic nitrogens is 1. The van der Waals surface area contributed by atoms with Crippen LogP contribution in [0, 0.1) is 0 Å². The molecule has 1 aromatic carbocycles. The van der Waals surface area contributed by atoms with Crippen molar-refractivity contribution in [2.45, 2.75) is 39.2 Å². The molecule has 1 unspecified atom stereocenters. The van der Waals surface area contributed by atoms with Crippen molar-refractivity contribution in [2.24, 2.45) is 0 Å². The van der Waals surface area contributed by atoms with E-state index in [1.165, 1.54) is 0 Å². The second-order valence-electron chi connectivity index (χ2n) is 6.56. The summed E-state index contributed by atoms with van der Waals surface area (Å²) in [6.07, 6.45) is 3.51. The van der Waals surface area contributed by atoms with Crippen LogP contribution in [0.1, 0.15) is 32.4 Å². The maximum atomic E-state index is 12.7. The first kappa shape index (κ1) is 21.9. The second-order valence-corrected chi connectivity index (χ2v) is 7.47. The third kappa shape index (κ3) is 7.31. The molecule has 0 fully saturated rings. The zero-order valence-corrected chi connectivity index (χ0v) is 17.9. The Morgan fingerprint density at radius 2 is 1.93 bits per heavy atom. The number of benzene rings is 1. The lowest BCUT2D eigenvalue weighted by Gasteiger charge is -2.28. The average molecular weight is 447 g/mol. The van der Waals surface area contributed by atoms with Crippen LogP contribution in [-0.4, -0.2) is 41.0 Å². The van der Waals surface area contributed by atoms with Crippen molar-refractivity contribution in [2.75, 3.05) is 18.4 Å². The minimum absolute atomic E-state index is 0.0387. The van der Waals surface area contributed by atoms with Crippen molar-refractivity contribution >= 4 is 33.6 Å². The van der Waals surface area contributed by atoms with Crippen LogP contribution in [0.25, 0.3) is 0 Å². The molecule has 6 nitrogen and oxygen atoms in total. The normalized spacial score (nSPS) is 11.5. The van der Waals surface area contributed by atoms with Crippen LogP contribution in [-0.2, 0) is 11.2 Å². The molecule has 28 heavy (non-hydrogen) atoms. The summed E-state index contributed by atoms with van der Waals surface area (Å²) < 4.78 is 0.951. The first-order valence-corrected chi connectivity index (χ1v) is 10.3. The molecule has 1 atom stereocenters. The quantitative estimate of drug-likeness (QED) is 0.605. The number of anilines is 1. The summed E-state index contributed by atoms with van der Waals surface area (Å²) in [6.45, 7) is 4.91. The van der Waals surface area contributed by atoms with Gasteiger partial charge in [-0.25, -0.2) is 4.79 Å². The van der Waals surface area contributed by atoms with Gasteiger partial charge in [-0.3, -0.25) is 9.78 Å². The van der Waals surface area contributed by atoms with Gasteiger partial charge in [0.2, 0.25) is 5.91 Å². The van der Waals surface area contributed by atoms with E-state index in [0.717, 1.165) is 22.3 Å². The number of nitrogens with zero attached hydrogens (tertiary/aromatic N) is 2. The molecule has 2 rings (SSSR count). The molecule has 0 bridgehead atoms. The molecule has 0 aliphatic carbocycles. The lowest BCUT2D eigenvalue weighted by Crippen LogP contribution is -2.43. The zero-order valence-electron chi connectivity index (χ0n) is 16.3. The van der Waals surface area contributed by atoms with Gasteiger partial charge in [0.1, 0.15) is 0 Å². The van der Waals surface area contributed by atoms with E-state index >= 15 is 0 Å². The van der Waals surface area contributed by atoms with E-state index in [1.807, 2.05) is 56.3 Å². The molecule has 2 aromatic rings. The van der Waals surface area contributed by atoms with Crippen LogP contribution in [0.15, 0.2) is 53.1 Å². The monoisotopic (exact) mass is 446 g/mol. The highest BCUT2D eigenvalue weighted by atomic mass is 79.9. The number of amides is 3. The molecule has 0 aliphatic rings. The number of rotatable bonds is 9. The predicted molar refractivity (Wildman–Crippen MR) is 115 cm³/mol. The fourth-order valence-corrected chi connectivity index (χ4v) is 2.92. The first-order valence-electron chi connectivity index (χ1n) is 9.49. The molecular weight excluding hydrogens is 420 g/mol. The zero-order chi connectivity index (χ0) is 20.4. The van der Waals surface area contributed by atoms with Gasteiger partial charge in [0.05, 0.1) is 0 Å². The van der Waals surface area contributed by atoms with Crippen LogP contribution in [0.2, 0.25) is 0 Å². The van der Waals surface area contributed by atoms with Gasteiger partial charge in [0.15, 0.2) is 0 Å². The molecule has 150 valence electrons. The molecule has 0 aliphatic heterocycles. The fourth-order valence-electron chi connectivity index (χ4n) is 2.66. The topological polar surface area (TPSA) is 74.3 Å². The van der Waals surface area contributed by atoms with Gasteiger partial charge in [-0.1, -0.05) is 28.9 Å². The maximum Gasteiger partial charge on any atom is 0.322 e. The van der Waals surface area contributed by atoms with Crippen molar-refractivity contribution in [3.8, 4) is 0 Å². The number of pyridine rings is 1. The van der Waals surface area contributed by atoms with Gasteiger partial charge in [-0.05, 0) is 49.7 Å². The standard InChI is InChI=1S/C21H27BrN4O2/c1-3-16(2)26(21(28)25-19-9-7-17(22)8-10-19)15-12-20(27)24-14-11-18-6-4-5-13-23-18/h4-10,13,16H,3,11-12,14-15H2,1-2H3,(H,24,27)(H,25,28). The molecule has 0 spiro atoms. The molecule has 1 aromatic heterocycles. The Balaban J connectivity index is 1.82. The number of hydrogen-bond donors (Lipinski definition) is 2. The fraction of sp³-hybridized carbons (Fsp3) is 0.381. The van der Waals surface area contributed by atoms with Crippen LogP contribution < -0.4 is 10.6 Å². The Labute approximate surface area is 174 Å². The summed E-state index contributed by atoms with van der Waals surface area (Å²) in [5.41, 5.74) is 1.67. The van der Waals surface area contributed by atoms with Gasteiger partial charge >= 0.3 is 6.03 Å². The molecule has 2 N–H and O–H groups in total. The van der Waals surface area contributed by atoms with Crippen LogP contribution in [0.3, 0.4) is 0 Å². The van der Waals surface area contributed by atoms with Gasteiger partial charge in [-0.2, -0.15) is 0 Å². The molecule has 0 saturated heterocycles. The minimum Gasteiger partial charge on any atom is -0.356 e. The van der Waals surface area contributed by atoms with E-state index < -0.39 is 0 Å². The summed E-state index contributed by atoms with van der Waals surface area (Å²) in [5.74, 6) is -0.0688. The summed E-state index contributed by atoms with van der Waals surface area (Å²) >= 11 is 3.38. The Bertz CT molecular complexity index is 753. The number of carbonyl (C=O) groups excluding carboxylic acids is 2.